The van der Waals surface area contributed by atoms with E-state index in [2.05, 4.69) is 15.9 Å². The van der Waals surface area contributed by atoms with E-state index in [0.717, 1.165) is 17.4 Å². The summed E-state index contributed by atoms with van der Waals surface area (Å²) in [5.41, 5.74) is 0.783. The number of alkyl halides is 1. The third-order valence-corrected chi connectivity index (χ3v) is 1.85. The van der Waals surface area contributed by atoms with Crippen molar-refractivity contribution in [2.24, 2.45) is 0 Å². The minimum absolute atomic E-state index is 0.123. The molecule has 0 spiro atoms. The van der Waals surface area contributed by atoms with Crippen molar-refractivity contribution in [3.8, 4) is 0 Å². The zero-order valence-electron chi connectivity index (χ0n) is 6.38. The fraction of sp³-hybridized carbons (Fsp3) is 0.375. The molecule has 0 saturated heterocycles. The zero-order chi connectivity index (χ0) is 8.27. The van der Waals surface area contributed by atoms with Crippen LogP contribution in [0, 0.1) is 0 Å². The number of carbonyl (C=O) groups excluding carboxylic acids is 1. The molecule has 0 aliphatic rings. The molecule has 0 N–H and O–H groups in total. The van der Waals surface area contributed by atoms with Crippen LogP contribution >= 0.6 is 15.9 Å². The predicted octanol–water partition coefficient (Wildman–Crippen LogP) is 2.09. The fourth-order valence-electron chi connectivity index (χ4n) is 0.886. The summed E-state index contributed by atoms with van der Waals surface area (Å²) in [5, 5.41) is 0.916. The predicted molar refractivity (Wildman–Crippen MR) is 48.2 cm³/mol. The van der Waals surface area contributed by atoms with Crippen LogP contribution in [0.5, 0.6) is 0 Å². The molecule has 0 fully saturated rings. The van der Waals surface area contributed by atoms with Gasteiger partial charge in [-0.2, -0.15) is 0 Å². The highest BCUT2D eigenvalue weighted by Gasteiger charge is 1.99. The van der Waals surface area contributed by atoms with Gasteiger partial charge in [-0.25, -0.2) is 0 Å². The molecule has 60 valence electrons. The van der Waals surface area contributed by atoms with E-state index >= 15 is 0 Å². The molecule has 0 aromatic carbocycles. The van der Waals surface area contributed by atoms with Gasteiger partial charge in [-0.05, 0) is 13.0 Å². The summed E-state index contributed by atoms with van der Waals surface area (Å²) in [7, 11) is 0. The Balaban J connectivity index is 2.73. The molecule has 1 aromatic rings. The number of Topliss-reactive ketones (excluding diaryl/α,β-unsaturated/α-hetero) is 1. The normalized spacial score (nSPS) is 10.0. The lowest BCUT2D eigenvalue weighted by molar-refractivity contribution is 0.101. The third-order valence-electron chi connectivity index (χ3n) is 1.50. The number of aromatic nitrogens is 1. The molecule has 1 aromatic heterocycles. The van der Waals surface area contributed by atoms with Crippen molar-refractivity contribution >= 4 is 21.7 Å². The highest BCUT2D eigenvalue weighted by atomic mass is 79.9. The van der Waals surface area contributed by atoms with E-state index in [0.29, 0.717) is 0 Å². The molecule has 2 nitrogen and oxygen atoms in total. The van der Waals surface area contributed by atoms with Crippen LogP contribution in [-0.2, 0) is 6.54 Å². The van der Waals surface area contributed by atoms with Crippen molar-refractivity contribution in [2.75, 3.05) is 5.33 Å². The van der Waals surface area contributed by atoms with E-state index < -0.39 is 0 Å². The first-order valence-electron chi connectivity index (χ1n) is 3.46. The van der Waals surface area contributed by atoms with Crippen molar-refractivity contribution in [1.29, 1.82) is 0 Å². The number of hydrogen-bond donors (Lipinski definition) is 0. The van der Waals surface area contributed by atoms with Crippen molar-refractivity contribution in [2.45, 2.75) is 13.5 Å². The van der Waals surface area contributed by atoms with Gasteiger partial charge < -0.3 is 4.57 Å². The maximum atomic E-state index is 10.8. The summed E-state index contributed by atoms with van der Waals surface area (Å²) in [4.78, 5) is 10.8. The second kappa shape index (κ2) is 3.72. The van der Waals surface area contributed by atoms with Gasteiger partial charge in [0.15, 0.2) is 5.78 Å². The molecule has 0 amide bonds. The number of halogens is 1. The van der Waals surface area contributed by atoms with Crippen molar-refractivity contribution in [1.82, 2.24) is 4.57 Å². The van der Waals surface area contributed by atoms with E-state index in [1.165, 1.54) is 0 Å². The lowest BCUT2D eigenvalue weighted by atomic mass is 10.2. The van der Waals surface area contributed by atoms with Gasteiger partial charge in [-0.15, -0.1) is 0 Å². The summed E-state index contributed by atoms with van der Waals surface area (Å²) >= 11 is 3.33. The van der Waals surface area contributed by atoms with Crippen LogP contribution < -0.4 is 0 Å². The van der Waals surface area contributed by atoms with Crippen LogP contribution in [0.15, 0.2) is 18.5 Å². The van der Waals surface area contributed by atoms with Crippen LogP contribution in [0.2, 0.25) is 0 Å². The molecule has 11 heavy (non-hydrogen) atoms. The molecular formula is C8H10BrNO. The van der Waals surface area contributed by atoms with Gasteiger partial charge in [0, 0.05) is 29.8 Å². The van der Waals surface area contributed by atoms with Crippen LogP contribution in [0.4, 0.5) is 0 Å². The average Bonchev–Trinajstić information content (AvgIpc) is 2.37. The Hall–Kier alpha value is -0.570. The molecule has 0 radical (unpaired) electrons. The van der Waals surface area contributed by atoms with Gasteiger partial charge in [0.05, 0.1) is 0 Å². The standard InChI is InChI=1S/C8H10BrNO/c1-7(11)8-2-4-10(6-8)5-3-9/h2,4,6H,3,5H2,1H3. The second-order valence-corrected chi connectivity index (χ2v) is 3.18. The summed E-state index contributed by atoms with van der Waals surface area (Å²) in [6.45, 7) is 2.49. The molecule has 0 atom stereocenters. The van der Waals surface area contributed by atoms with Gasteiger partial charge in [0.1, 0.15) is 0 Å². The Morgan fingerprint density at radius 2 is 2.45 bits per heavy atom. The molecule has 0 bridgehead atoms. The summed E-state index contributed by atoms with van der Waals surface area (Å²) < 4.78 is 1.99. The molecular weight excluding hydrogens is 206 g/mol. The van der Waals surface area contributed by atoms with E-state index in [1.807, 2.05) is 23.0 Å². The van der Waals surface area contributed by atoms with Gasteiger partial charge >= 0.3 is 0 Å². The molecule has 0 unspecified atom stereocenters. The van der Waals surface area contributed by atoms with Crippen molar-refractivity contribution in [3.05, 3.63) is 24.0 Å². The number of rotatable bonds is 3. The minimum atomic E-state index is 0.123. The van der Waals surface area contributed by atoms with Gasteiger partial charge in [0.25, 0.3) is 0 Å². The van der Waals surface area contributed by atoms with Crippen LogP contribution in [0.25, 0.3) is 0 Å². The van der Waals surface area contributed by atoms with E-state index in [-0.39, 0.29) is 5.78 Å². The SMILES string of the molecule is CC(=O)c1ccn(CCBr)c1. The molecule has 0 aliphatic heterocycles. The maximum Gasteiger partial charge on any atom is 0.161 e. The van der Waals surface area contributed by atoms with Gasteiger partial charge in [-0.1, -0.05) is 15.9 Å². The second-order valence-electron chi connectivity index (χ2n) is 2.38. The van der Waals surface area contributed by atoms with Crippen LogP contribution in [0.1, 0.15) is 17.3 Å². The molecule has 0 saturated carbocycles. The molecule has 1 rings (SSSR count). The fourth-order valence-corrected chi connectivity index (χ4v) is 1.30. The Morgan fingerprint density at radius 1 is 1.73 bits per heavy atom. The monoisotopic (exact) mass is 215 g/mol. The van der Waals surface area contributed by atoms with Crippen molar-refractivity contribution < 1.29 is 4.79 Å². The Bertz CT molecular complexity index is 254. The van der Waals surface area contributed by atoms with Crippen molar-refractivity contribution in [3.63, 3.8) is 0 Å². The zero-order valence-corrected chi connectivity index (χ0v) is 7.97. The Morgan fingerprint density at radius 3 is 2.91 bits per heavy atom. The smallest absolute Gasteiger partial charge is 0.161 e. The van der Waals surface area contributed by atoms with Gasteiger partial charge in [-0.3, -0.25) is 4.79 Å². The summed E-state index contributed by atoms with van der Waals surface area (Å²) in [6, 6.07) is 1.84. The number of aryl methyl sites for hydroxylation is 1. The number of carbonyl (C=O) groups is 1. The summed E-state index contributed by atoms with van der Waals surface area (Å²) in [6.07, 6.45) is 3.78. The highest BCUT2D eigenvalue weighted by molar-refractivity contribution is 9.09. The Labute approximate surface area is 74.3 Å². The number of ketones is 1. The van der Waals surface area contributed by atoms with Gasteiger partial charge in [0.2, 0.25) is 0 Å². The summed E-state index contributed by atoms with van der Waals surface area (Å²) in [5.74, 6) is 0.123. The van der Waals surface area contributed by atoms with Crippen LogP contribution in [0.3, 0.4) is 0 Å². The molecule has 1 heterocycles. The molecule has 0 aliphatic carbocycles. The topological polar surface area (TPSA) is 22.0 Å². The number of hydrogen-bond acceptors (Lipinski definition) is 1. The first kappa shape index (κ1) is 8.53. The Kier molecular flexibility index (Phi) is 2.88. The maximum absolute atomic E-state index is 10.8. The quantitative estimate of drug-likeness (QED) is 0.560. The minimum Gasteiger partial charge on any atom is -0.353 e. The lowest BCUT2D eigenvalue weighted by Gasteiger charge is -1.95. The number of nitrogens with zero attached hydrogens (tertiary/aromatic N) is 1. The average molecular weight is 216 g/mol. The van der Waals surface area contributed by atoms with E-state index in [1.54, 1.807) is 6.92 Å². The highest BCUT2D eigenvalue weighted by Crippen LogP contribution is 2.02. The van der Waals surface area contributed by atoms with E-state index in [4.69, 9.17) is 0 Å². The van der Waals surface area contributed by atoms with Crippen LogP contribution in [-0.4, -0.2) is 15.7 Å². The first-order valence-corrected chi connectivity index (χ1v) is 4.59. The molecule has 3 heteroatoms. The first-order chi connectivity index (χ1) is 5.24. The lowest BCUT2D eigenvalue weighted by Crippen LogP contribution is -1.95. The third kappa shape index (κ3) is 2.19. The van der Waals surface area contributed by atoms with E-state index in [9.17, 15) is 4.79 Å². The largest absolute Gasteiger partial charge is 0.353 e.